The van der Waals surface area contributed by atoms with Gasteiger partial charge in [0.2, 0.25) is 0 Å². The fraction of sp³-hybridized carbons (Fsp3) is 0.250. The first-order valence-corrected chi connectivity index (χ1v) is 8.26. The molecule has 0 radical (unpaired) electrons. The van der Waals surface area contributed by atoms with Gasteiger partial charge in [-0.1, -0.05) is 31.2 Å². The van der Waals surface area contributed by atoms with Crippen molar-refractivity contribution in [3.63, 3.8) is 0 Å². The Morgan fingerprint density at radius 2 is 1.88 bits per heavy atom. The van der Waals surface area contributed by atoms with Crippen molar-refractivity contribution in [3.8, 4) is 0 Å². The number of hydrogen-bond acceptors (Lipinski definition) is 4. The number of carbonyl (C=O) groups is 2. The van der Waals surface area contributed by atoms with Gasteiger partial charge in [0.1, 0.15) is 0 Å². The van der Waals surface area contributed by atoms with E-state index in [2.05, 4.69) is 4.98 Å². The van der Waals surface area contributed by atoms with E-state index in [4.69, 9.17) is 0 Å². The number of benzene rings is 1. The van der Waals surface area contributed by atoms with Crippen LogP contribution in [0.3, 0.4) is 0 Å². The van der Waals surface area contributed by atoms with Crippen molar-refractivity contribution < 1.29 is 14.7 Å². The Kier molecular flexibility index (Phi) is 4.65. The van der Waals surface area contributed by atoms with E-state index >= 15 is 0 Å². The molecule has 128 valence electrons. The van der Waals surface area contributed by atoms with Crippen LogP contribution >= 0.6 is 0 Å². The highest BCUT2D eigenvalue weighted by molar-refractivity contribution is 6.08. The molecule has 5 heteroatoms. The average molecular weight is 336 g/mol. The van der Waals surface area contributed by atoms with E-state index in [1.165, 1.54) is 0 Å². The largest absolute Gasteiger partial charge is 0.503 e. The molecule has 25 heavy (non-hydrogen) atoms. The van der Waals surface area contributed by atoms with Crippen LogP contribution in [-0.2, 0) is 16.1 Å². The smallest absolute Gasteiger partial charge is 0.290 e. The van der Waals surface area contributed by atoms with Crippen molar-refractivity contribution in [2.75, 3.05) is 0 Å². The Hall–Kier alpha value is -2.95. The number of amides is 1. The lowest BCUT2D eigenvalue weighted by Gasteiger charge is -2.28. The molecule has 1 N–H and O–H groups in total. The first kappa shape index (κ1) is 16.9. The predicted molar refractivity (Wildman–Crippen MR) is 93.7 cm³/mol. The van der Waals surface area contributed by atoms with Crippen molar-refractivity contribution in [3.05, 3.63) is 76.8 Å². The molecule has 2 aromatic rings. The van der Waals surface area contributed by atoms with E-state index < -0.39 is 17.7 Å². The first-order chi connectivity index (χ1) is 12.0. The lowest BCUT2D eigenvalue weighted by molar-refractivity contribution is -0.130. The SMILES string of the molecule is CCC(=O)C1=C(O)C(=O)N(Cc2ccncc2)C1c1ccccc1C. The summed E-state index contributed by atoms with van der Waals surface area (Å²) in [4.78, 5) is 30.7. The maximum Gasteiger partial charge on any atom is 0.290 e. The third-order valence-electron chi connectivity index (χ3n) is 4.51. The molecule has 1 unspecified atom stereocenters. The monoisotopic (exact) mass is 336 g/mol. The molecule has 1 atom stereocenters. The fourth-order valence-electron chi connectivity index (χ4n) is 3.19. The second-order valence-corrected chi connectivity index (χ2v) is 6.09. The van der Waals surface area contributed by atoms with Gasteiger partial charge in [-0.2, -0.15) is 0 Å². The lowest BCUT2D eigenvalue weighted by Crippen LogP contribution is -2.31. The molecule has 0 fully saturated rings. The molecule has 1 aliphatic heterocycles. The zero-order valence-electron chi connectivity index (χ0n) is 14.3. The number of rotatable bonds is 5. The molecule has 1 aromatic carbocycles. The first-order valence-electron chi connectivity index (χ1n) is 8.26. The standard InChI is InChI=1S/C20H20N2O3/c1-3-16(23)17-18(15-7-5-4-6-13(15)2)22(20(25)19(17)24)12-14-8-10-21-11-9-14/h4-11,18,24H,3,12H2,1-2H3. The van der Waals surface area contributed by atoms with Crippen molar-refractivity contribution in [2.24, 2.45) is 0 Å². The molecule has 2 heterocycles. The summed E-state index contributed by atoms with van der Waals surface area (Å²) in [6.07, 6.45) is 3.55. The summed E-state index contributed by atoms with van der Waals surface area (Å²) in [5.74, 6) is -1.16. The number of carbonyl (C=O) groups excluding carboxylic acids is 2. The van der Waals surface area contributed by atoms with E-state index in [1.54, 1.807) is 24.2 Å². The van der Waals surface area contributed by atoms with Crippen LogP contribution in [0.4, 0.5) is 0 Å². The molecule has 0 saturated heterocycles. The van der Waals surface area contributed by atoms with E-state index in [0.717, 1.165) is 16.7 Å². The lowest BCUT2D eigenvalue weighted by atomic mass is 9.92. The Bertz CT molecular complexity index is 843. The van der Waals surface area contributed by atoms with Crippen LogP contribution in [0, 0.1) is 6.92 Å². The molecule has 0 saturated carbocycles. The fourth-order valence-corrected chi connectivity index (χ4v) is 3.19. The van der Waals surface area contributed by atoms with Gasteiger partial charge < -0.3 is 10.0 Å². The number of Topliss-reactive ketones (excluding diaryl/α,β-unsaturated/α-hetero) is 1. The highest BCUT2D eigenvalue weighted by Gasteiger charge is 2.43. The quantitative estimate of drug-likeness (QED) is 0.910. The Morgan fingerprint density at radius 1 is 1.20 bits per heavy atom. The normalized spacial score (nSPS) is 17.3. The minimum Gasteiger partial charge on any atom is -0.503 e. The van der Waals surface area contributed by atoms with Gasteiger partial charge in [-0.25, -0.2) is 0 Å². The zero-order valence-corrected chi connectivity index (χ0v) is 14.3. The van der Waals surface area contributed by atoms with Crippen molar-refractivity contribution in [2.45, 2.75) is 32.9 Å². The second-order valence-electron chi connectivity index (χ2n) is 6.09. The number of hydrogen-bond donors (Lipinski definition) is 1. The summed E-state index contributed by atoms with van der Waals surface area (Å²) < 4.78 is 0. The maximum absolute atomic E-state index is 12.7. The molecule has 0 aliphatic carbocycles. The summed E-state index contributed by atoms with van der Waals surface area (Å²) in [7, 11) is 0. The van der Waals surface area contributed by atoms with E-state index in [1.807, 2.05) is 43.3 Å². The summed E-state index contributed by atoms with van der Waals surface area (Å²) in [5, 5.41) is 10.4. The number of aliphatic hydroxyl groups is 1. The second kappa shape index (κ2) is 6.89. The van der Waals surface area contributed by atoms with Crippen molar-refractivity contribution in [1.29, 1.82) is 0 Å². The van der Waals surface area contributed by atoms with Gasteiger partial charge in [-0.15, -0.1) is 0 Å². The maximum atomic E-state index is 12.7. The number of ketones is 1. The highest BCUT2D eigenvalue weighted by Crippen LogP contribution is 2.40. The van der Waals surface area contributed by atoms with Gasteiger partial charge in [0.05, 0.1) is 11.6 Å². The summed E-state index contributed by atoms with van der Waals surface area (Å²) in [6.45, 7) is 3.96. The van der Waals surface area contributed by atoms with Gasteiger partial charge in [-0.05, 0) is 35.7 Å². The summed E-state index contributed by atoms with van der Waals surface area (Å²) in [6, 6.07) is 10.7. The third kappa shape index (κ3) is 3.05. The van der Waals surface area contributed by atoms with Crippen LogP contribution in [0.5, 0.6) is 0 Å². The minimum atomic E-state index is -0.575. The molecule has 1 aromatic heterocycles. The number of pyridine rings is 1. The van der Waals surface area contributed by atoms with Crippen molar-refractivity contribution in [1.82, 2.24) is 9.88 Å². The molecular formula is C20H20N2O3. The van der Waals surface area contributed by atoms with Gasteiger partial charge >= 0.3 is 0 Å². The van der Waals surface area contributed by atoms with E-state index in [0.29, 0.717) is 6.54 Å². The number of aromatic nitrogens is 1. The van der Waals surface area contributed by atoms with Gasteiger partial charge in [0, 0.05) is 25.4 Å². The van der Waals surface area contributed by atoms with Gasteiger partial charge in [0.15, 0.2) is 11.5 Å². The minimum absolute atomic E-state index is 0.191. The summed E-state index contributed by atoms with van der Waals surface area (Å²) >= 11 is 0. The van der Waals surface area contributed by atoms with Crippen LogP contribution in [0.2, 0.25) is 0 Å². The molecule has 0 bridgehead atoms. The topological polar surface area (TPSA) is 70.5 Å². The van der Waals surface area contributed by atoms with Crippen LogP contribution in [-0.4, -0.2) is 26.7 Å². The van der Waals surface area contributed by atoms with E-state index in [-0.39, 0.29) is 17.8 Å². The molecule has 1 aliphatic rings. The predicted octanol–water partition coefficient (Wildman–Crippen LogP) is 3.26. The number of aryl methyl sites for hydroxylation is 1. The highest BCUT2D eigenvalue weighted by atomic mass is 16.3. The molecule has 0 spiro atoms. The van der Waals surface area contributed by atoms with Gasteiger partial charge in [0.25, 0.3) is 5.91 Å². The molecule has 1 amide bonds. The van der Waals surface area contributed by atoms with Crippen LogP contribution in [0.1, 0.15) is 36.1 Å². The summed E-state index contributed by atoms with van der Waals surface area (Å²) in [5.41, 5.74) is 2.90. The van der Waals surface area contributed by atoms with E-state index in [9.17, 15) is 14.7 Å². The number of nitrogens with zero attached hydrogens (tertiary/aromatic N) is 2. The Balaban J connectivity index is 2.09. The Labute approximate surface area is 146 Å². The number of aliphatic hydroxyl groups excluding tert-OH is 1. The van der Waals surface area contributed by atoms with Crippen LogP contribution < -0.4 is 0 Å². The molecule has 5 nitrogen and oxygen atoms in total. The van der Waals surface area contributed by atoms with Crippen molar-refractivity contribution >= 4 is 11.7 Å². The average Bonchev–Trinajstić information content (AvgIpc) is 2.87. The Morgan fingerprint density at radius 3 is 2.52 bits per heavy atom. The van der Waals surface area contributed by atoms with Gasteiger partial charge in [-0.3, -0.25) is 14.6 Å². The molecular weight excluding hydrogens is 316 g/mol. The third-order valence-corrected chi connectivity index (χ3v) is 4.51. The molecule has 3 rings (SSSR count). The zero-order chi connectivity index (χ0) is 18.0. The van der Waals surface area contributed by atoms with Crippen LogP contribution in [0.25, 0.3) is 0 Å². The van der Waals surface area contributed by atoms with Crippen LogP contribution in [0.15, 0.2) is 60.1 Å².